The van der Waals surface area contributed by atoms with Gasteiger partial charge in [0.15, 0.2) is 5.13 Å². The number of aryl methyl sites for hydroxylation is 1. The number of amides is 1. The van der Waals surface area contributed by atoms with Gasteiger partial charge in [-0.2, -0.15) is 5.10 Å². The lowest BCUT2D eigenvalue weighted by Crippen LogP contribution is -2.10. The molecule has 3 aromatic heterocycles. The van der Waals surface area contributed by atoms with Crippen molar-refractivity contribution < 1.29 is 13.9 Å². The fourth-order valence-corrected chi connectivity index (χ4v) is 3.99. The molecule has 0 radical (unpaired) electrons. The molecule has 0 aliphatic heterocycles. The molecule has 4 rings (SSSR count). The van der Waals surface area contributed by atoms with E-state index in [0.717, 1.165) is 17.0 Å². The first-order valence-electron chi connectivity index (χ1n) is 8.29. The summed E-state index contributed by atoms with van der Waals surface area (Å²) >= 11 is 2.69. The maximum absolute atomic E-state index is 12.9. The van der Waals surface area contributed by atoms with Crippen LogP contribution in [0.15, 0.2) is 53.4 Å². The zero-order chi connectivity index (χ0) is 19.5. The molecule has 28 heavy (non-hydrogen) atoms. The second kappa shape index (κ2) is 7.91. The molecule has 3 heterocycles. The van der Waals surface area contributed by atoms with E-state index in [9.17, 15) is 9.18 Å². The Bertz CT molecular complexity index is 1100. The SMILES string of the molecule is Cn1nccc1-c1csc(NC(=O)c2cc(COc3ccc(F)cc3)cs2)n1. The predicted octanol–water partition coefficient (Wildman–Crippen LogP) is 4.58. The van der Waals surface area contributed by atoms with Crippen LogP contribution in [0.2, 0.25) is 0 Å². The fraction of sp³-hybridized carbons (Fsp3) is 0.105. The van der Waals surface area contributed by atoms with E-state index >= 15 is 0 Å². The molecule has 0 spiro atoms. The number of carbonyl (C=O) groups excluding carboxylic acids is 1. The van der Waals surface area contributed by atoms with Crippen LogP contribution in [0.5, 0.6) is 5.75 Å². The number of nitrogens with one attached hydrogen (secondary N) is 1. The van der Waals surface area contributed by atoms with E-state index in [4.69, 9.17) is 4.74 Å². The number of aromatic nitrogens is 3. The maximum Gasteiger partial charge on any atom is 0.267 e. The summed E-state index contributed by atoms with van der Waals surface area (Å²) in [4.78, 5) is 17.5. The molecule has 0 atom stereocenters. The van der Waals surface area contributed by atoms with Gasteiger partial charge in [0.25, 0.3) is 5.91 Å². The molecular weight excluding hydrogens is 399 g/mol. The van der Waals surface area contributed by atoms with Crippen LogP contribution in [0.1, 0.15) is 15.2 Å². The van der Waals surface area contributed by atoms with E-state index < -0.39 is 0 Å². The molecule has 1 amide bonds. The van der Waals surface area contributed by atoms with Crippen LogP contribution in [0.25, 0.3) is 11.4 Å². The highest BCUT2D eigenvalue weighted by molar-refractivity contribution is 7.14. The third-order valence-electron chi connectivity index (χ3n) is 3.90. The van der Waals surface area contributed by atoms with Crippen molar-refractivity contribution >= 4 is 33.7 Å². The Morgan fingerprint density at radius 2 is 2.04 bits per heavy atom. The summed E-state index contributed by atoms with van der Waals surface area (Å²) in [6, 6.07) is 9.47. The monoisotopic (exact) mass is 414 g/mol. The van der Waals surface area contributed by atoms with Crippen LogP contribution in [0, 0.1) is 5.82 Å². The minimum absolute atomic E-state index is 0.219. The van der Waals surface area contributed by atoms with Gasteiger partial charge in [0.2, 0.25) is 0 Å². The van der Waals surface area contributed by atoms with Crippen molar-refractivity contribution in [2.75, 3.05) is 5.32 Å². The summed E-state index contributed by atoms with van der Waals surface area (Å²) < 4.78 is 20.2. The highest BCUT2D eigenvalue weighted by atomic mass is 32.1. The number of rotatable bonds is 6. The zero-order valence-electron chi connectivity index (χ0n) is 14.8. The third kappa shape index (κ3) is 4.10. The van der Waals surface area contributed by atoms with Crippen LogP contribution >= 0.6 is 22.7 Å². The first-order valence-corrected chi connectivity index (χ1v) is 10.1. The number of benzene rings is 1. The topological polar surface area (TPSA) is 69.0 Å². The van der Waals surface area contributed by atoms with Gasteiger partial charge in [-0.1, -0.05) is 0 Å². The molecule has 6 nitrogen and oxygen atoms in total. The van der Waals surface area contributed by atoms with Crippen molar-refractivity contribution in [1.82, 2.24) is 14.8 Å². The summed E-state index contributed by atoms with van der Waals surface area (Å²) in [6.07, 6.45) is 1.70. The Labute approximate surface area is 168 Å². The average molecular weight is 414 g/mol. The van der Waals surface area contributed by atoms with Gasteiger partial charge in [-0.3, -0.25) is 14.8 Å². The number of halogens is 1. The Balaban J connectivity index is 1.37. The minimum atomic E-state index is -0.310. The molecule has 142 valence electrons. The van der Waals surface area contributed by atoms with Gasteiger partial charge in [-0.25, -0.2) is 9.37 Å². The summed E-state index contributed by atoms with van der Waals surface area (Å²) in [5.74, 6) is 0.0450. The molecule has 4 aromatic rings. The predicted molar refractivity (Wildman–Crippen MR) is 107 cm³/mol. The number of thiophene rings is 1. The van der Waals surface area contributed by atoms with Gasteiger partial charge in [-0.15, -0.1) is 22.7 Å². The van der Waals surface area contributed by atoms with Crippen LogP contribution in [-0.2, 0) is 13.7 Å². The molecule has 0 unspecified atom stereocenters. The van der Waals surface area contributed by atoms with Crippen LogP contribution in [0.4, 0.5) is 9.52 Å². The van der Waals surface area contributed by atoms with E-state index in [1.807, 2.05) is 23.9 Å². The number of hydrogen-bond donors (Lipinski definition) is 1. The van der Waals surface area contributed by atoms with Crippen LogP contribution in [-0.4, -0.2) is 20.7 Å². The molecule has 0 fully saturated rings. The lowest BCUT2D eigenvalue weighted by molar-refractivity contribution is 0.103. The number of hydrogen-bond acceptors (Lipinski definition) is 6. The molecule has 0 aliphatic rings. The Morgan fingerprint density at radius 1 is 1.21 bits per heavy atom. The van der Waals surface area contributed by atoms with Crippen molar-refractivity contribution in [3.8, 4) is 17.1 Å². The normalized spacial score (nSPS) is 10.8. The first-order chi connectivity index (χ1) is 13.6. The maximum atomic E-state index is 12.9. The number of nitrogens with zero attached hydrogens (tertiary/aromatic N) is 3. The molecule has 1 N–H and O–H groups in total. The Hall–Kier alpha value is -3.04. The molecule has 0 saturated carbocycles. The summed E-state index contributed by atoms with van der Waals surface area (Å²) in [7, 11) is 1.84. The molecule has 0 saturated heterocycles. The first kappa shape index (κ1) is 18.3. The van der Waals surface area contributed by atoms with Gasteiger partial charge in [0.05, 0.1) is 10.6 Å². The van der Waals surface area contributed by atoms with Crippen molar-refractivity contribution in [2.24, 2.45) is 7.05 Å². The van der Waals surface area contributed by atoms with Gasteiger partial charge < -0.3 is 4.74 Å². The summed E-state index contributed by atoms with van der Waals surface area (Å²) in [5.41, 5.74) is 2.52. The smallest absolute Gasteiger partial charge is 0.267 e. The highest BCUT2D eigenvalue weighted by Crippen LogP contribution is 2.25. The fourth-order valence-electron chi connectivity index (χ4n) is 2.50. The highest BCUT2D eigenvalue weighted by Gasteiger charge is 2.13. The van der Waals surface area contributed by atoms with Gasteiger partial charge in [0, 0.05) is 24.2 Å². The molecule has 9 heteroatoms. The van der Waals surface area contributed by atoms with E-state index in [-0.39, 0.29) is 11.7 Å². The lowest BCUT2D eigenvalue weighted by atomic mass is 10.3. The zero-order valence-corrected chi connectivity index (χ0v) is 16.4. The van der Waals surface area contributed by atoms with Crippen molar-refractivity contribution in [3.05, 3.63) is 69.6 Å². The van der Waals surface area contributed by atoms with E-state index in [1.54, 1.807) is 29.1 Å². The standard InChI is InChI=1S/C19H15FN4O2S2/c1-24-16(6-7-21-24)15-11-28-19(22-15)23-18(25)17-8-12(10-27-17)9-26-14-4-2-13(20)3-5-14/h2-8,10-11H,9H2,1H3,(H,22,23,25). The molecular formula is C19H15FN4O2S2. The van der Waals surface area contributed by atoms with Gasteiger partial charge in [0.1, 0.15) is 23.9 Å². The van der Waals surface area contributed by atoms with Crippen molar-refractivity contribution in [3.63, 3.8) is 0 Å². The second-order valence-electron chi connectivity index (χ2n) is 5.89. The number of anilines is 1. The van der Waals surface area contributed by atoms with Crippen LogP contribution in [0.3, 0.4) is 0 Å². The van der Waals surface area contributed by atoms with Crippen molar-refractivity contribution in [2.45, 2.75) is 6.61 Å². The Morgan fingerprint density at radius 3 is 2.79 bits per heavy atom. The van der Waals surface area contributed by atoms with Gasteiger partial charge >= 0.3 is 0 Å². The third-order valence-corrected chi connectivity index (χ3v) is 5.64. The van der Waals surface area contributed by atoms with Crippen LogP contribution < -0.4 is 10.1 Å². The number of carbonyl (C=O) groups is 1. The van der Waals surface area contributed by atoms with E-state index in [0.29, 0.717) is 22.4 Å². The molecule has 1 aromatic carbocycles. The minimum Gasteiger partial charge on any atom is -0.489 e. The largest absolute Gasteiger partial charge is 0.489 e. The van der Waals surface area contributed by atoms with E-state index in [2.05, 4.69) is 15.4 Å². The summed E-state index contributed by atoms with van der Waals surface area (Å²) in [6.45, 7) is 0.303. The second-order valence-corrected chi connectivity index (χ2v) is 7.66. The number of ether oxygens (including phenoxy) is 1. The van der Waals surface area contributed by atoms with E-state index in [1.165, 1.54) is 34.8 Å². The Kier molecular flexibility index (Phi) is 5.18. The molecule has 0 bridgehead atoms. The number of thiazole rings is 1. The van der Waals surface area contributed by atoms with Crippen molar-refractivity contribution in [1.29, 1.82) is 0 Å². The quantitative estimate of drug-likeness (QED) is 0.502. The lowest BCUT2D eigenvalue weighted by Gasteiger charge is -2.04. The molecule has 0 aliphatic carbocycles. The van der Waals surface area contributed by atoms with Gasteiger partial charge in [-0.05, 0) is 41.8 Å². The summed E-state index contributed by atoms with van der Waals surface area (Å²) in [5, 5.41) is 11.2. The average Bonchev–Trinajstić information content (AvgIpc) is 3.42.